The summed E-state index contributed by atoms with van der Waals surface area (Å²) in [6.45, 7) is 3.43. The fourth-order valence-electron chi connectivity index (χ4n) is 3.30. The van der Waals surface area contributed by atoms with Crippen LogP contribution in [0.15, 0.2) is 54.1 Å². The Morgan fingerprint density at radius 1 is 1.21 bits per heavy atom. The molecule has 0 radical (unpaired) electrons. The fourth-order valence-corrected chi connectivity index (χ4v) is 4.28. The van der Waals surface area contributed by atoms with Gasteiger partial charge in [0.05, 0.1) is 0 Å². The molecule has 150 valence electrons. The molecule has 7 nitrogen and oxygen atoms in total. The number of carbonyl (C=O) groups excluding carboxylic acids is 1. The molecule has 4 rings (SSSR count). The summed E-state index contributed by atoms with van der Waals surface area (Å²) >= 11 is 1.68. The van der Waals surface area contributed by atoms with Crippen LogP contribution in [0.4, 0.5) is 4.79 Å². The van der Waals surface area contributed by atoms with Crippen LogP contribution in [-0.4, -0.2) is 49.5 Å². The molecule has 3 aromatic rings. The van der Waals surface area contributed by atoms with Gasteiger partial charge in [0.15, 0.2) is 5.16 Å². The second-order valence-electron chi connectivity index (χ2n) is 7.05. The van der Waals surface area contributed by atoms with Crippen molar-refractivity contribution in [3.63, 3.8) is 0 Å². The topological polar surface area (TPSA) is 84.0 Å². The van der Waals surface area contributed by atoms with Gasteiger partial charge in [0.25, 0.3) is 0 Å². The van der Waals surface area contributed by atoms with E-state index in [4.69, 9.17) is 4.74 Å². The summed E-state index contributed by atoms with van der Waals surface area (Å²) < 4.78 is 5.56. The van der Waals surface area contributed by atoms with Crippen molar-refractivity contribution in [2.45, 2.75) is 36.6 Å². The van der Waals surface area contributed by atoms with Crippen LogP contribution >= 0.6 is 11.8 Å². The quantitative estimate of drug-likeness (QED) is 0.689. The summed E-state index contributed by atoms with van der Waals surface area (Å²) in [5.74, 6) is 0.564. The summed E-state index contributed by atoms with van der Waals surface area (Å²) in [5.41, 5.74) is 3.37. The Hall–Kier alpha value is -2.87. The van der Waals surface area contributed by atoms with Crippen molar-refractivity contribution in [3.8, 4) is 5.75 Å². The Bertz CT molecular complexity index is 938. The number of pyridine rings is 1. The van der Waals surface area contributed by atoms with Crippen LogP contribution in [0.3, 0.4) is 0 Å². The average molecular weight is 410 g/mol. The molecule has 0 aliphatic carbocycles. The van der Waals surface area contributed by atoms with E-state index in [0.29, 0.717) is 24.1 Å². The van der Waals surface area contributed by atoms with Crippen LogP contribution in [0.1, 0.15) is 29.7 Å². The molecule has 3 heterocycles. The standard InChI is InChI=1S/C21H23N5O2S/c1-15-3-2-10-22-19(15)13-16-4-6-17(7-5-16)28-21(27)26-11-8-18(9-12-26)29-20-23-14-24-25-20/h2-7,10,14,18H,8-9,11-13H2,1H3,(H,23,24,25). The molecule has 29 heavy (non-hydrogen) atoms. The van der Waals surface area contributed by atoms with E-state index in [0.717, 1.165) is 35.7 Å². The number of aromatic nitrogens is 4. The van der Waals surface area contributed by atoms with Gasteiger partial charge >= 0.3 is 6.09 Å². The van der Waals surface area contributed by atoms with E-state index in [2.05, 4.69) is 33.2 Å². The maximum absolute atomic E-state index is 12.5. The van der Waals surface area contributed by atoms with Crippen molar-refractivity contribution in [1.82, 2.24) is 25.1 Å². The van der Waals surface area contributed by atoms with Gasteiger partial charge in [0.1, 0.15) is 12.1 Å². The normalized spacial score (nSPS) is 14.7. The molecule has 1 N–H and O–H groups in total. The number of piperidine rings is 1. The number of hydrogen-bond acceptors (Lipinski definition) is 6. The second-order valence-corrected chi connectivity index (χ2v) is 8.34. The number of H-pyrrole nitrogens is 1. The minimum Gasteiger partial charge on any atom is -0.410 e. The highest BCUT2D eigenvalue weighted by Crippen LogP contribution is 2.28. The van der Waals surface area contributed by atoms with Crippen LogP contribution in [0.5, 0.6) is 5.75 Å². The Morgan fingerprint density at radius 2 is 2.00 bits per heavy atom. The minimum absolute atomic E-state index is 0.290. The van der Waals surface area contributed by atoms with Gasteiger partial charge in [0, 0.05) is 36.7 Å². The third-order valence-electron chi connectivity index (χ3n) is 4.99. The number of nitrogens with one attached hydrogen (secondary N) is 1. The number of thioether (sulfide) groups is 1. The molecule has 1 aliphatic heterocycles. The first-order valence-electron chi connectivity index (χ1n) is 9.65. The lowest BCUT2D eigenvalue weighted by Gasteiger charge is -2.30. The van der Waals surface area contributed by atoms with E-state index in [-0.39, 0.29) is 6.09 Å². The number of nitrogens with zero attached hydrogens (tertiary/aromatic N) is 4. The van der Waals surface area contributed by atoms with Crippen LogP contribution in [0.2, 0.25) is 0 Å². The van der Waals surface area contributed by atoms with E-state index < -0.39 is 0 Å². The Morgan fingerprint density at radius 3 is 2.69 bits per heavy atom. The summed E-state index contributed by atoms with van der Waals surface area (Å²) in [6, 6.07) is 11.7. The number of carbonyl (C=O) groups is 1. The van der Waals surface area contributed by atoms with Crippen molar-refractivity contribution < 1.29 is 9.53 Å². The molecule has 0 spiro atoms. The first-order valence-corrected chi connectivity index (χ1v) is 10.5. The zero-order valence-electron chi connectivity index (χ0n) is 16.2. The van der Waals surface area contributed by atoms with Gasteiger partial charge in [0.2, 0.25) is 0 Å². The van der Waals surface area contributed by atoms with Crippen molar-refractivity contribution in [3.05, 3.63) is 65.7 Å². The highest BCUT2D eigenvalue weighted by atomic mass is 32.2. The minimum atomic E-state index is -0.290. The van der Waals surface area contributed by atoms with Gasteiger partial charge < -0.3 is 9.64 Å². The van der Waals surface area contributed by atoms with Crippen LogP contribution < -0.4 is 4.74 Å². The number of hydrogen-bond donors (Lipinski definition) is 1. The number of aryl methyl sites for hydroxylation is 1. The molecule has 1 saturated heterocycles. The van der Waals surface area contributed by atoms with E-state index >= 15 is 0 Å². The lowest BCUT2D eigenvalue weighted by molar-refractivity contribution is 0.143. The van der Waals surface area contributed by atoms with Crippen molar-refractivity contribution in [2.75, 3.05) is 13.1 Å². The zero-order valence-corrected chi connectivity index (χ0v) is 17.1. The molecule has 1 fully saturated rings. The van der Waals surface area contributed by atoms with E-state index in [1.165, 1.54) is 11.9 Å². The van der Waals surface area contributed by atoms with Gasteiger partial charge in [-0.15, -0.1) is 0 Å². The molecule has 1 aromatic carbocycles. The van der Waals surface area contributed by atoms with Crippen LogP contribution in [-0.2, 0) is 6.42 Å². The van der Waals surface area contributed by atoms with E-state index in [9.17, 15) is 4.79 Å². The summed E-state index contributed by atoms with van der Waals surface area (Å²) in [4.78, 5) is 22.8. The molecule has 1 aliphatic rings. The maximum Gasteiger partial charge on any atom is 0.415 e. The highest BCUT2D eigenvalue weighted by molar-refractivity contribution is 7.99. The van der Waals surface area contributed by atoms with Gasteiger partial charge in [-0.1, -0.05) is 30.0 Å². The largest absolute Gasteiger partial charge is 0.415 e. The molecule has 0 saturated carbocycles. The number of likely N-dealkylation sites (tertiary alicyclic amines) is 1. The molecule has 0 bridgehead atoms. The number of amides is 1. The molecule has 8 heteroatoms. The Kier molecular flexibility index (Phi) is 6.09. The second kappa shape index (κ2) is 9.09. The van der Waals surface area contributed by atoms with Crippen LogP contribution in [0, 0.1) is 6.92 Å². The summed E-state index contributed by atoms with van der Waals surface area (Å²) in [5, 5.41) is 7.99. The molecule has 2 aromatic heterocycles. The molecule has 0 atom stereocenters. The fraction of sp³-hybridized carbons (Fsp3) is 0.333. The van der Waals surface area contributed by atoms with Crippen molar-refractivity contribution in [1.29, 1.82) is 0 Å². The number of aromatic amines is 1. The van der Waals surface area contributed by atoms with Crippen molar-refractivity contribution in [2.24, 2.45) is 0 Å². The van der Waals surface area contributed by atoms with Gasteiger partial charge in [-0.2, -0.15) is 5.10 Å². The first kappa shape index (κ1) is 19.4. The predicted octanol–water partition coefficient (Wildman–Crippen LogP) is 3.85. The Labute approximate surface area is 173 Å². The summed E-state index contributed by atoms with van der Waals surface area (Å²) in [6.07, 6.45) is 5.60. The SMILES string of the molecule is Cc1cccnc1Cc1ccc(OC(=O)N2CCC(Sc3ncn[nH]3)CC2)cc1. The van der Waals surface area contributed by atoms with E-state index in [1.54, 1.807) is 16.7 Å². The zero-order chi connectivity index (χ0) is 20.1. The number of ether oxygens (including phenoxy) is 1. The predicted molar refractivity (Wildman–Crippen MR) is 111 cm³/mol. The van der Waals surface area contributed by atoms with Gasteiger partial charge in [-0.25, -0.2) is 9.78 Å². The first-order chi connectivity index (χ1) is 14.2. The third kappa shape index (κ3) is 5.14. The lowest BCUT2D eigenvalue weighted by Crippen LogP contribution is -2.40. The monoisotopic (exact) mass is 409 g/mol. The van der Waals surface area contributed by atoms with E-state index in [1.807, 2.05) is 36.5 Å². The molecule has 0 unspecified atom stereocenters. The lowest BCUT2D eigenvalue weighted by atomic mass is 10.1. The van der Waals surface area contributed by atoms with Crippen LogP contribution in [0.25, 0.3) is 0 Å². The maximum atomic E-state index is 12.5. The number of rotatable bonds is 5. The van der Waals surface area contributed by atoms with Gasteiger partial charge in [-0.3, -0.25) is 10.1 Å². The molecule has 1 amide bonds. The Balaban J connectivity index is 1.27. The summed E-state index contributed by atoms with van der Waals surface area (Å²) in [7, 11) is 0. The smallest absolute Gasteiger partial charge is 0.410 e. The van der Waals surface area contributed by atoms with Gasteiger partial charge in [-0.05, 0) is 49.1 Å². The highest BCUT2D eigenvalue weighted by Gasteiger charge is 2.25. The third-order valence-corrected chi connectivity index (χ3v) is 6.21. The molecular formula is C21H23N5O2S. The van der Waals surface area contributed by atoms with Crippen molar-refractivity contribution >= 4 is 17.9 Å². The molecular weight excluding hydrogens is 386 g/mol. The average Bonchev–Trinajstić information content (AvgIpc) is 3.25. The number of benzene rings is 1.